The van der Waals surface area contributed by atoms with Gasteiger partial charge in [0.05, 0.1) is 11.5 Å². The van der Waals surface area contributed by atoms with Crippen molar-refractivity contribution in [2.24, 2.45) is 5.14 Å². The third-order valence-electron chi connectivity index (χ3n) is 2.01. The Morgan fingerprint density at radius 3 is 2.38 bits per heavy atom. The smallest absolute Gasteiger partial charge is 0.233 e. The first kappa shape index (κ1) is 12.7. The summed E-state index contributed by atoms with van der Waals surface area (Å²) in [6, 6.07) is 7.12. The lowest BCUT2D eigenvalue weighted by atomic mass is 10.2. The summed E-state index contributed by atoms with van der Waals surface area (Å²) in [5.74, 6) is 0.757. The number of rotatable bonds is 4. The lowest BCUT2D eigenvalue weighted by Gasteiger charge is -2.03. The first-order valence-corrected chi connectivity index (χ1v) is 6.42. The minimum atomic E-state index is -3.59. The molecule has 5 heteroatoms. The topological polar surface area (TPSA) is 69.4 Å². The summed E-state index contributed by atoms with van der Waals surface area (Å²) < 4.78 is 27.2. The Morgan fingerprint density at radius 2 is 1.94 bits per heavy atom. The number of nitrogens with two attached hydrogens (primary N) is 1. The van der Waals surface area contributed by atoms with E-state index in [4.69, 9.17) is 9.88 Å². The minimum absolute atomic E-state index is 0.136. The SMILES string of the molecule is CCOc1ccc(/C=C(\C)S(N)(=O)=O)cc1. The van der Waals surface area contributed by atoms with Crippen LogP contribution in [0.15, 0.2) is 29.2 Å². The highest BCUT2D eigenvalue weighted by Crippen LogP contribution is 2.15. The molecular weight excluding hydrogens is 226 g/mol. The normalized spacial score (nSPS) is 12.6. The third kappa shape index (κ3) is 3.67. The van der Waals surface area contributed by atoms with Gasteiger partial charge in [-0.05, 0) is 37.6 Å². The van der Waals surface area contributed by atoms with E-state index in [1.807, 2.05) is 6.92 Å². The van der Waals surface area contributed by atoms with E-state index in [0.717, 1.165) is 11.3 Å². The van der Waals surface area contributed by atoms with Crippen molar-refractivity contribution in [3.63, 3.8) is 0 Å². The van der Waals surface area contributed by atoms with Crippen molar-refractivity contribution in [2.45, 2.75) is 13.8 Å². The fraction of sp³-hybridized carbons (Fsp3) is 0.273. The first-order chi connectivity index (χ1) is 7.43. The molecule has 1 aromatic carbocycles. The Balaban J connectivity index is 2.91. The van der Waals surface area contributed by atoms with Crippen molar-refractivity contribution in [3.05, 3.63) is 34.7 Å². The maximum atomic E-state index is 11.0. The Bertz CT molecular complexity index is 474. The monoisotopic (exact) mass is 241 g/mol. The second kappa shape index (κ2) is 5.14. The zero-order valence-corrected chi connectivity index (χ0v) is 10.1. The quantitative estimate of drug-likeness (QED) is 0.872. The molecular formula is C11H15NO3S. The Kier molecular flexibility index (Phi) is 4.09. The summed E-state index contributed by atoms with van der Waals surface area (Å²) in [6.07, 6.45) is 1.52. The highest BCUT2D eigenvalue weighted by Gasteiger charge is 2.05. The molecule has 0 saturated heterocycles. The first-order valence-electron chi connectivity index (χ1n) is 4.87. The van der Waals surface area contributed by atoms with Crippen LogP contribution in [0.25, 0.3) is 6.08 Å². The van der Waals surface area contributed by atoms with Gasteiger partial charge in [0.2, 0.25) is 10.0 Å². The van der Waals surface area contributed by atoms with Crippen molar-refractivity contribution in [1.29, 1.82) is 0 Å². The molecule has 0 aliphatic rings. The fourth-order valence-electron chi connectivity index (χ4n) is 1.14. The van der Waals surface area contributed by atoms with E-state index in [0.29, 0.717) is 6.61 Å². The van der Waals surface area contributed by atoms with Gasteiger partial charge < -0.3 is 4.74 Å². The van der Waals surface area contributed by atoms with E-state index < -0.39 is 10.0 Å². The van der Waals surface area contributed by atoms with Crippen LogP contribution in [0.4, 0.5) is 0 Å². The number of hydrogen-bond acceptors (Lipinski definition) is 3. The maximum absolute atomic E-state index is 11.0. The minimum Gasteiger partial charge on any atom is -0.494 e. The van der Waals surface area contributed by atoms with E-state index in [1.165, 1.54) is 13.0 Å². The van der Waals surface area contributed by atoms with Gasteiger partial charge in [0.15, 0.2) is 0 Å². The van der Waals surface area contributed by atoms with Crippen molar-refractivity contribution in [3.8, 4) is 5.75 Å². The highest BCUT2D eigenvalue weighted by atomic mass is 32.2. The second-order valence-electron chi connectivity index (χ2n) is 3.30. The summed E-state index contributed by atoms with van der Waals surface area (Å²) in [6.45, 7) is 3.97. The number of primary sulfonamides is 1. The van der Waals surface area contributed by atoms with E-state index in [2.05, 4.69) is 0 Å². The average Bonchev–Trinajstić information content (AvgIpc) is 2.20. The number of ether oxygens (including phenoxy) is 1. The van der Waals surface area contributed by atoms with Gasteiger partial charge in [-0.3, -0.25) is 0 Å². The molecule has 0 aliphatic heterocycles. The fourth-order valence-corrected chi connectivity index (χ4v) is 1.44. The number of sulfonamides is 1. The maximum Gasteiger partial charge on any atom is 0.233 e. The Hall–Kier alpha value is -1.33. The molecule has 4 nitrogen and oxygen atoms in total. The molecule has 0 aliphatic carbocycles. The van der Waals surface area contributed by atoms with Crippen LogP contribution in [0.3, 0.4) is 0 Å². The third-order valence-corrected chi connectivity index (χ3v) is 3.03. The van der Waals surface area contributed by atoms with E-state index in [-0.39, 0.29) is 4.91 Å². The van der Waals surface area contributed by atoms with Gasteiger partial charge in [-0.1, -0.05) is 12.1 Å². The molecule has 0 heterocycles. The van der Waals surface area contributed by atoms with Crippen LogP contribution in [0.2, 0.25) is 0 Å². The summed E-state index contributed by atoms with van der Waals surface area (Å²) in [5, 5.41) is 4.98. The number of allylic oxidation sites excluding steroid dienone is 1. The van der Waals surface area contributed by atoms with Crippen LogP contribution in [0.5, 0.6) is 5.75 Å². The van der Waals surface area contributed by atoms with E-state index >= 15 is 0 Å². The van der Waals surface area contributed by atoms with Gasteiger partial charge in [-0.2, -0.15) is 0 Å². The van der Waals surface area contributed by atoms with E-state index in [1.54, 1.807) is 24.3 Å². The van der Waals surface area contributed by atoms with Gasteiger partial charge in [-0.15, -0.1) is 0 Å². The van der Waals surface area contributed by atoms with Crippen LogP contribution in [0, 0.1) is 0 Å². The van der Waals surface area contributed by atoms with Crippen LogP contribution in [-0.4, -0.2) is 15.0 Å². The summed E-state index contributed by atoms with van der Waals surface area (Å²) in [7, 11) is -3.59. The molecule has 2 N–H and O–H groups in total. The standard InChI is InChI=1S/C11H15NO3S/c1-3-15-11-6-4-10(5-7-11)8-9(2)16(12,13)14/h4-8H,3H2,1-2H3,(H2,12,13,14)/b9-8+. The molecule has 0 bridgehead atoms. The van der Waals surface area contributed by atoms with Gasteiger partial charge in [0.1, 0.15) is 5.75 Å². The lowest BCUT2D eigenvalue weighted by Crippen LogP contribution is -2.12. The van der Waals surface area contributed by atoms with Gasteiger partial charge in [-0.25, -0.2) is 13.6 Å². The number of hydrogen-bond donors (Lipinski definition) is 1. The molecule has 0 aromatic heterocycles. The second-order valence-corrected chi connectivity index (χ2v) is 5.04. The Morgan fingerprint density at radius 1 is 1.38 bits per heavy atom. The van der Waals surface area contributed by atoms with Crippen LogP contribution in [-0.2, 0) is 10.0 Å². The molecule has 0 fully saturated rings. The molecule has 1 rings (SSSR count). The van der Waals surface area contributed by atoms with Crippen molar-refractivity contribution < 1.29 is 13.2 Å². The molecule has 0 radical (unpaired) electrons. The predicted octanol–water partition coefficient (Wildman–Crippen LogP) is 1.73. The van der Waals surface area contributed by atoms with Crippen molar-refractivity contribution >= 4 is 16.1 Å². The zero-order chi connectivity index (χ0) is 12.2. The molecule has 1 aromatic rings. The van der Waals surface area contributed by atoms with Crippen molar-refractivity contribution in [2.75, 3.05) is 6.61 Å². The van der Waals surface area contributed by atoms with Crippen molar-refractivity contribution in [1.82, 2.24) is 0 Å². The van der Waals surface area contributed by atoms with Crippen LogP contribution < -0.4 is 9.88 Å². The molecule has 88 valence electrons. The number of benzene rings is 1. The molecule has 0 amide bonds. The highest BCUT2D eigenvalue weighted by molar-refractivity contribution is 7.93. The average molecular weight is 241 g/mol. The summed E-state index contributed by atoms with van der Waals surface area (Å²) in [5.41, 5.74) is 0.773. The largest absolute Gasteiger partial charge is 0.494 e. The van der Waals surface area contributed by atoms with Gasteiger partial charge >= 0.3 is 0 Å². The molecule has 0 saturated carbocycles. The predicted molar refractivity (Wildman–Crippen MR) is 64.4 cm³/mol. The Labute approximate surface area is 95.8 Å². The molecule has 16 heavy (non-hydrogen) atoms. The summed E-state index contributed by atoms with van der Waals surface area (Å²) >= 11 is 0. The summed E-state index contributed by atoms with van der Waals surface area (Å²) in [4.78, 5) is 0.136. The molecule has 0 spiro atoms. The van der Waals surface area contributed by atoms with E-state index in [9.17, 15) is 8.42 Å². The van der Waals surface area contributed by atoms with Gasteiger partial charge in [0, 0.05) is 0 Å². The lowest BCUT2D eigenvalue weighted by molar-refractivity contribution is 0.340. The molecule has 0 unspecified atom stereocenters. The zero-order valence-electron chi connectivity index (χ0n) is 9.30. The van der Waals surface area contributed by atoms with Crippen LogP contribution >= 0.6 is 0 Å². The van der Waals surface area contributed by atoms with Crippen LogP contribution in [0.1, 0.15) is 19.4 Å². The molecule has 0 atom stereocenters. The van der Waals surface area contributed by atoms with Gasteiger partial charge in [0.25, 0.3) is 0 Å².